The second-order valence-corrected chi connectivity index (χ2v) is 6.31. The van der Waals surface area contributed by atoms with Crippen molar-refractivity contribution in [1.29, 1.82) is 0 Å². The summed E-state index contributed by atoms with van der Waals surface area (Å²) < 4.78 is 1.94. The van der Waals surface area contributed by atoms with Crippen LogP contribution < -0.4 is 5.32 Å². The van der Waals surface area contributed by atoms with Crippen molar-refractivity contribution < 1.29 is 14.4 Å². The maximum Gasteiger partial charge on any atom is 0.326 e. The predicted octanol–water partition coefficient (Wildman–Crippen LogP) is 0.337. The van der Waals surface area contributed by atoms with Crippen molar-refractivity contribution in [2.24, 2.45) is 0 Å². The summed E-state index contributed by atoms with van der Waals surface area (Å²) in [6, 6.07) is -1.10. The predicted molar refractivity (Wildman–Crippen MR) is 84.1 cm³/mol. The van der Waals surface area contributed by atoms with Crippen molar-refractivity contribution in [3.63, 3.8) is 0 Å². The molecule has 3 heterocycles. The molecule has 2 aromatic rings. The van der Waals surface area contributed by atoms with Crippen LogP contribution in [0.2, 0.25) is 0 Å². The lowest BCUT2D eigenvalue weighted by molar-refractivity contribution is -0.131. The Hall–Kier alpha value is -2.42. The molecule has 8 nitrogen and oxygen atoms in total. The van der Waals surface area contributed by atoms with Crippen LogP contribution in [0.5, 0.6) is 0 Å². The van der Waals surface area contributed by atoms with Gasteiger partial charge in [-0.25, -0.2) is 9.78 Å². The van der Waals surface area contributed by atoms with Crippen LogP contribution in [0.1, 0.15) is 12.1 Å². The normalized spacial score (nSPS) is 18.3. The molecule has 3 rings (SSSR count). The summed E-state index contributed by atoms with van der Waals surface area (Å²) >= 11 is 1.55. The molecule has 0 saturated carbocycles. The average Bonchev–Trinajstić information content (AvgIpc) is 3.14. The number of thiazole rings is 1. The quantitative estimate of drug-likeness (QED) is 0.798. The third-order valence-corrected chi connectivity index (χ3v) is 4.67. The van der Waals surface area contributed by atoms with E-state index in [4.69, 9.17) is 0 Å². The Morgan fingerprint density at radius 1 is 1.39 bits per heavy atom. The van der Waals surface area contributed by atoms with E-state index in [0.717, 1.165) is 15.6 Å². The van der Waals surface area contributed by atoms with Crippen LogP contribution in [-0.4, -0.2) is 63.7 Å². The van der Waals surface area contributed by atoms with Crippen LogP contribution in [-0.2, 0) is 16.0 Å². The second kappa shape index (κ2) is 5.99. The summed E-state index contributed by atoms with van der Waals surface area (Å²) in [5.74, 6) is -0.596. The number of nitrogens with zero attached hydrogens (tertiary/aromatic N) is 4. The molecule has 2 aromatic heterocycles. The molecule has 122 valence electrons. The molecule has 4 amide bonds. The minimum absolute atomic E-state index is 0.0241. The molecule has 0 bridgehead atoms. The zero-order valence-corrected chi connectivity index (χ0v) is 13.7. The van der Waals surface area contributed by atoms with Crippen LogP contribution in [0.15, 0.2) is 17.8 Å². The number of nitrogens with one attached hydrogen (secondary N) is 1. The molecule has 0 aliphatic carbocycles. The summed E-state index contributed by atoms with van der Waals surface area (Å²) in [6.45, 7) is 0.443. The summed E-state index contributed by atoms with van der Waals surface area (Å²) in [4.78, 5) is 43.2. The molecule has 0 aromatic carbocycles. The number of aromatic nitrogens is 2. The molecule has 0 spiro atoms. The second-order valence-electron chi connectivity index (χ2n) is 5.44. The summed E-state index contributed by atoms with van der Waals surface area (Å²) in [7, 11) is 2.95. The van der Waals surface area contributed by atoms with E-state index in [2.05, 4.69) is 10.3 Å². The number of carbonyl (C=O) groups is 3. The molecule has 1 aliphatic rings. The van der Waals surface area contributed by atoms with Crippen LogP contribution in [0, 0.1) is 0 Å². The molecule has 0 radical (unpaired) electrons. The smallest absolute Gasteiger partial charge is 0.326 e. The Kier molecular flexibility index (Phi) is 4.03. The summed E-state index contributed by atoms with van der Waals surface area (Å²) in [6.07, 6.45) is 4.46. The fourth-order valence-electron chi connectivity index (χ4n) is 2.55. The van der Waals surface area contributed by atoms with Gasteiger partial charge in [0, 0.05) is 44.8 Å². The number of hydrogen-bond donors (Lipinski definition) is 1. The topological polar surface area (TPSA) is 87.0 Å². The molecular formula is C14H17N5O3S. The zero-order valence-electron chi connectivity index (χ0n) is 12.9. The van der Waals surface area contributed by atoms with Gasteiger partial charge in [0.25, 0.3) is 5.91 Å². The zero-order chi connectivity index (χ0) is 16.6. The number of imidazole rings is 1. The number of hydrogen-bond acceptors (Lipinski definition) is 5. The molecule has 1 atom stereocenters. The van der Waals surface area contributed by atoms with E-state index in [-0.39, 0.29) is 24.3 Å². The van der Waals surface area contributed by atoms with Crippen LogP contribution in [0.25, 0.3) is 4.96 Å². The van der Waals surface area contributed by atoms with Gasteiger partial charge in [-0.1, -0.05) is 0 Å². The molecule has 1 N–H and O–H groups in total. The largest absolute Gasteiger partial charge is 0.356 e. The van der Waals surface area contributed by atoms with Crippen LogP contribution >= 0.6 is 11.3 Å². The maximum absolute atomic E-state index is 12.0. The van der Waals surface area contributed by atoms with E-state index >= 15 is 0 Å². The summed E-state index contributed by atoms with van der Waals surface area (Å²) in [5.41, 5.74) is 0.904. The lowest BCUT2D eigenvalue weighted by Gasteiger charge is -2.15. The van der Waals surface area contributed by atoms with Gasteiger partial charge in [-0.05, 0) is 0 Å². The van der Waals surface area contributed by atoms with E-state index in [1.165, 1.54) is 19.0 Å². The highest BCUT2D eigenvalue weighted by Gasteiger charge is 2.41. The first-order chi connectivity index (χ1) is 11.0. The number of rotatable bonds is 5. The minimum Gasteiger partial charge on any atom is -0.356 e. The molecule has 1 unspecified atom stereocenters. The number of fused-ring (bicyclic) bond motifs is 1. The van der Waals surface area contributed by atoms with Gasteiger partial charge in [0.1, 0.15) is 6.04 Å². The van der Waals surface area contributed by atoms with Gasteiger partial charge in [-0.15, -0.1) is 11.3 Å². The van der Waals surface area contributed by atoms with E-state index in [9.17, 15) is 14.4 Å². The van der Waals surface area contributed by atoms with Gasteiger partial charge < -0.3 is 10.2 Å². The van der Waals surface area contributed by atoms with Crippen molar-refractivity contribution in [2.45, 2.75) is 18.9 Å². The first-order valence-electron chi connectivity index (χ1n) is 7.19. The van der Waals surface area contributed by atoms with Crippen molar-refractivity contribution in [2.75, 3.05) is 20.6 Å². The fraction of sp³-hybridized carbons (Fsp3) is 0.429. The Morgan fingerprint density at radius 3 is 2.83 bits per heavy atom. The van der Waals surface area contributed by atoms with Crippen LogP contribution in [0.3, 0.4) is 0 Å². The highest BCUT2D eigenvalue weighted by atomic mass is 32.1. The average molecular weight is 335 g/mol. The first kappa shape index (κ1) is 15.5. The minimum atomic E-state index is -0.717. The van der Waals surface area contributed by atoms with Gasteiger partial charge in [-0.2, -0.15) is 0 Å². The van der Waals surface area contributed by atoms with Crippen LogP contribution in [0.4, 0.5) is 4.79 Å². The first-order valence-corrected chi connectivity index (χ1v) is 8.07. The van der Waals surface area contributed by atoms with Gasteiger partial charge in [-0.3, -0.25) is 18.9 Å². The Bertz CT molecular complexity index is 739. The third-order valence-electron chi connectivity index (χ3n) is 3.90. The van der Waals surface area contributed by atoms with E-state index in [0.29, 0.717) is 13.0 Å². The van der Waals surface area contributed by atoms with Crippen molar-refractivity contribution >= 4 is 34.1 Å². The van der Waals surface area contributed by atoms with E-state index in [1.54, 1.807) is 11.3 Å². The monoisotopic (exact) mass is 335 g/mol. The maximum atomic E-state index is 12.0. The van der Waals surface area contributed by atoms with E-state index in [1.807, 2.05) is 22.2 Å². The lowest BCUT2D eigenvalue weighted by atomic mass is 10.2. The van der Waals surface area contributed by atoms with Gasteiger partial charge >= 0.3 is 6.03 Å². The molecule has 23 heavy (non-hydrogen) atoms. The van der Waals surface area contributed by atoms with Crippen molar-refractivity contribution in [3.05, 3.63) is 23.5 Å². The summed E-state index contributed by atoms with van der Waals surface area (Å²) in [5, 5.41) is 4.73. The Labute approximate surface area is 136 Å². The third kappa shape index (κ3) is 2.91. The number of carbonyl (C=O) groups excluding carboxylic acids is 3. The van der Waals surface area contributed by atoms with E-state index < -0.39 is 6.04 Å². The number of likely N-dealkylation sites (N-methyl/N-ethyl adjacent to an activating group) is 2. The van der Waals surface area contributed by atoms with Gasteiger partial charge in [0.15, 0.2) is 4.96 Å². The lowest BCUT2D eigenvalue weighted by Crippen LogP contribution is -2.37. The highest BCUT2D eigenvalue weighted by Crippen LogP contribution is 2.16. The van der Waals surface area contributed by atoms with Crippen molar-refractivity contribution in [1.82, 2.24) is 24.5 Å². The molecule has 9 heteroatoms. The molecule has 1 fully saturated rings. The Morgan fingerprint density at radius 2 is 2.17 bits per heavy atom. The highest BCUT2D eigenvalue weighted by molar-refractivity contribution is 7.15. The molecule has 1 saturated heterocycles. The van der Waals surface area contributed by atoms with Crippen molar-refractivity contribution in [3.8, 4) is 0 Å². The fourth-order valence-corrected chi connectivity index (χ4v) is 3.27. The Balaban J connectivity index is 1.49. The standard InChI is InChI=1S/C14H17N5O3S/c1-17-10(12(21)18(2)14(17)22)7-11(20)15-4-3-9-8-19-5-6-23-13(19)16-9/h5-6,8,10H,3-4,7H2,1-2H3,(H,15,20). The SMILES string of the molecule is CN1C(=O)C(CC(=O)NCCc2cn3ccsc3n2)N(C)C1=O. The molecular weight excluding hydrogens is 318 g/mol. The van der Waals surface area contributed by atoms with Gasteiger partial charge in [0.05, 0.1) is 12.1 Å². The number of amides is 4. The van der Waals surface area contributed by atoms with Gasteiger partial charge in [0.2, 0.25) is 5.91 Å². The number of urea groups is 1. The number of imide groups is 1. The molecule has 1 aliphatic heterocycles.